The number of likely N-dealkylation sites (N-methyl/N-ethyl adjacent to an activating group) is 2. The van der Waals surface area contributed by atoms with Crippen molar-refractivity contribution in [1.29, 1.82) is 0 Å². The van der Waals surface area contributed by atoms with Gasteiger partial charge in [-0.2, -0.15) is 5.10 Å². The third kappa shape index (κ3) is 3.68. The standard InChI is InChI=1S/C13H17N5O3/c1-9-14-11(16-15-9)7-17(2)12(19)8-18(3)13(20)10-5-4-6-21-10/h4-6H,7-8H2,1-3H3,(H,14,15,16). The Morgan fingerprint density at radius 1 is 1.33 bits per heavy atom. The van der Waals surface area contributed by atoms with Crippen molar-refractivity contribution in [2.45, 2.75) is 13.5 Å². The molecule has 0 spiro atoms. The van der Waals surface area contributed by atoms with Crippen LogP contribution < -0.4 is 0 Å². The molecule has 2 heterocycles. The highest BCUT2D eigenvalue weighted by molar-refractivity contribution is 5.93. The first-order chi connectivity index (χ1) is 9.97. The second-order valence-electron chi connectivity index (χ2n) is 4.73. The van der Waals surface area contributed by atoms with Crippen molar-refractivity contribution in [3.05, 3.63) is 35.8 Å². The second-order valence-corrected chi connectivity index (χ2v) is 4.73. The molecule has 2 aromatic rings. The van der Waals surface area contributed by atoms with Crippen molar-refractivity contribution >= 4 is 11.8 Å². The summed E-state index contributed by atoms with van der Waals surface area (Å²) in [7, 11) is 3.19. The molecule has 0 saturated heterocycles. The molecule has 0 aliphatic carbocycles. The van der Waals surface area contributed by atoms with Gasteiger partial charge in [0.25, 0.3) is 5.91 Å². The minimum atomic E-state index is -0.338. The minimum absolute atomic E-state index is 0.0422. The van der Waals surface area contributed by atoms with Crippen LogP contribution in [0.4, 0.5) is 0 Å². The summed E-state index contributed by atoms with van der Waals surface area (Å²) in [6.07, 6.45) is 1.42. The number of carbonyl (C=O) groups excluding carboxylic acids is 2. The zero-order chi connectivity index (χ0) is 15.4. The summed E-state index contributed by atoms with van der Waals surface area (Å²) in [4.78, 5) is 30.9. The number of rotatable bonds is 5. The fourth-order valence-electron chi connectivity index (χ4n) is 1.74. The summed E-state index contributed by atoms with van der Waals surface area (Å²) < 4.78 is 5.02. The minimum Gasteiger partial charge on any atom is -0.459 e. The van der Waals surface area contributed by atoms with Crippen molar-refractivity contribution in [2.24, 2.45) is 0 Å². The van der Waals surface area contributed by atoms with Gasteiger partial charge in [-0.15, -0.1) is 0 Å². The SMILES string of the molecule is Cc1nc(CN(C)C(=O)CN(C)C(=O)c2ccco2)n[nH]1. The Labute approximate surface area is 121 Å². The van der Waals surface area contributed by atoms with Crippen LogP contribution >= 0.6 is 0 Å². The number of aromatic amines is 1. The van der Waals surface area contributed by atoms with Crippen molar-refractivity contribution in [3.63, 3.8) is 0 Å². The van der Waals surface area contributed by atoms with Crippen LogP contribution in [-0.4, -0.2) is 57.4 Å². The van der Waals surface area contributed by atoms with Crippen LogP contribution in [0.3, 0.4) is 0 Å². The Balaban J connectivity index is 1.89. The van der Waals surface area contributed by atoms with Crippen LogP contribution in [0.1, 0.15) is 22.2 Å². The van der Waals surface area contributed by atoms with E-state index in [0.29, 0.717) is 11.6 Å². The van der Waals surface area contributed by atoms with Crippen LogP contribution in [0.2, 0.25) is 0 Å². The maximum absolute atomic E-state index is 12.1. The topological polar surface area (TPSA) is 95.3 Å². The predicted molar refractivity (Wildman–Crippen MR) is 73.3 cm³/mol. The molecule has 0 saturated carbocycles. The van der Waals surface area contributed by atoms with E-state index in [2.05, 4.69) is 15.2 Å². The molecule has 0 fully saturated rings. The summed E-state index contributed by atoms with van der Waals surface area (Å²) in [5, 5.41) is 6.68. The molecule has 0 radical (unpaired) electrons. The Hall–Kier alpha value is -2.64. The van der Waals surface area contributed by atoms with Crippen LogP contribution in [0.15, 0.2) is 22.8 Å². The van der Waals surface area contributed by atoms with Gasteiger partial charge in [-0.25, -0.2) is 4.98 Å². The number of H-pyrrole nitrogens is 1. The molecule has 8 nitrogen and oxygen atoms in total. The number of nitrogens with one attached hydrogen (secondary N) is 1. The second kappa shape index (κ2) is 6.21. The quantitative estimate of drug-likeness (QED) is 0.862. The summed E-state index contributed by atoms with van der Waals surface area (Å²) in [5.74, 6) is 0.882. The molecule has 2 aromatic heterocycles. The Morgan fingerprint density at radius 2 is 2.10 bits per heavy atom. The first-order valence-electron chi connectivity index (χ1n) is 6.38. The van der Waals surface area contributed by atoms with Crippen LogP contribution in [0.25, 0.3) is 0 Å². The molecule has 112 valence electrons. The lowest BCUT2D eigenvalue weighted by molar-refractivity contribution is -0.131. The number of furan rings is 1. The van der Waals surface area contributed by atoms with E-state index in [1.165, 1.54) is 16.1 Å². The van der Waals surface area contributed by atoms with Gasteiger partial charge >= 0.3 is 0 Å². The molecule has 2 amide bonds. The van der Waals surface area contributed by atoms with Crippen molar-refractivity contribution < 1.29 is 14.0 Å². The number of hydrogen-bond acceptors (Lipinski definition) is 5. The zero-order valence-corrected chi connectivity index (χ0v) is 12.2. The van der Waals surface area contributed by atoms with Crippen molar-refractivity contribution in [2.75, 3.05) is 20.6 Å². The van der Waals surface area contributed by atoms with Crippen LogP contribution in [0.5, 0.6) is 0 Å². The van der Waals surface area contributed by atoms with E-state index in [1.807, 2.05) is 0 Å². The summed E-state index contributed by atoms with van der Waals surface area (Å²) >= 11 is 0. The van der Waals surface area contributed by atoms with Gasteiger partial charge in [0.05, 0.1) is 19.4 Å². The third-order valence-corrected chi connectivity index (χ3v) is 2.90. The molecule has 0 aliphatic heterocycles. The molecule has 0 atom stereocenters. The maximum atomic E-state index is 12.1. The van der Waals surface area contributed by atoms with E-state index in [9.17, 15) is 9.59 Å². The fourth-order valence-corrected chi connectivity index (χ4v) is 1.74. The van der Waals surface area contributed by atoms with E-state index >= 15 is 0 Å². The van der Waals surface area contributed by atoms with Gasteiger partial charge in [-0.05, 0) is 19.1 Å². The molecule has 8 heteroatoms. The number of hydrogen-bond donors (Lipinski definition) is 1. The van der Waals surface area contributed by atoms with Gasteiger partial charge in [0.1, 0.15) is 5.82 Å². The van der Waals surface area contributed by atoms with Gasteiger partial charge in [0, 0.05) is 14.1 Å². The largest absolute Gasteiger partial charge is 0.459 e. The van der Waals surface area contributed by atoms with Crippen molar-refractivity contribution in [1.82, 2.24) is 25.0 Å². The molecule has 0 aliphatic rings. The molecular formula is C13H17N5O3. The van der Waals surface area contributed by atoms with Gasteiger partial charge in [-0.1, -0.05) is 0 Å². The third-order valence-electron chi connectivity index (χ3n) is 2.90. The number of aromatic nitrogens is 3. The van der Waals surface area contributed by atoms with E-state index in [-0.39, 0.29) is 30.7 Å². The number of carbonyl (C=O) groups is 2. The smallest absolute Gasteiger partial charge is 0.289 e. The molecule has 1 N–H and O–H groups in total. The van der Waals surface area contributed by atoms with Crippen molar-refractivity contribution in [3.8, 4) is 0 Å². The Morgan fingerprint density at radius 3 is 2.67 bits per heavy atom. The average molecular weight is 291 g/mol. The summed E-state index contributed by atoms with van der Waals surface area (Å²) in [5.41, 5.74) is 0. The monoisotopic (exact) mass is 291 g/mol. The maximum Gasteiger partial charge on any atom is 0.289 e. The van der Waals surface area contributed by atoms with Gasteiger partial charge in [0.2, 0.25) is 5.91 Å². The summed E-state index contributed by atoms with van der Waals surface area (Å²) in [6.45, 7) is 2.03. The highest BCUT2D eigenvalue weighted by Crippen LogP contribution is 2.05. The lowest BCUT2D eigenvalue weighted by Gasteiger charge is -2.20. The zero-order valence-electron chi connectivity index (χ0n) is 12.2. The number of nitrogens with zero attached hydrogens (tertiary/aromatic N) is 4. The lowest BCUT2D eigenvalue weighted by atomic mass is 10.3. The first kappa shape index (κ1) is 14.8. The molecule has 2 rings (SSSR count). The Kier molecular flexibility index (Phi) is 4.36. The average Bonchev–Trinajstić information content (AvgIpc) is 3.09. The van der Waals surface area contributed by atoms with Gasteiger partial charge < -0.3 is 14.2 Å². The lowest BCUT2D eigenvalue weighted by Crippen LogP contribution is -2.39. The fraction of sp³-hybridized carbons (Fsp3) is 0.385. The molecule has 0 bridgehead atoms. The van der Waals surface area contributed by atoms with E-state index < -0.39 is 0 Å². The van der Waals surface area contributed by atoms with Gasteiger partial charge in [-0.3, -0.25) is 14.7 Å². The molecular weight excluding hydrogens is 274 g/mol. The predicted octanol–water partition coefficient (Wildman–Crippen LogP) is 0.437. The van der Waals surface area contributed by atoms with E-state index in [4.69, 9.17) is 4.42 Å². The summed E-state index contributed by atoms with van der Waals surface area (Å²) in [6, 6.07) is 3.18. The van der Waals surface area contributed by atoms with E-state index in [0.717, 1.165) is 0 Å². The van der Waals surface area contributed by atoms with E-state index in [1.54, 1.807) is 33.2 Å². The highest BCUT2D eigenvalue weighted by atomic mass is 16.3. The molecule has 0 unspecified atom stereocenters. The number of aryl methyl sites for hydroxylation is 1. The molecule has 0 aromatic carbocycles. The van der Waals surface area contributed by atoms with Gasteiger partial charge in [0.15, 0.2) is 11.6 Å². The normalized spacial score (nSPS) is 10.4. The van der Waals surface area contributed by atoms with Crippen LogP contribution in [0, 0.1) is 6.92 Å². The first-order valence-corrected chi connectivity index (χ1v) is 6.38. The Bertz CT molecular complexity index is 620. The number of amides is 2. The van der Waals surface area contributed by atoms with Crippen LogP contribution in [-0.2, 0) is 11.3 Å². The molecule has 21 heavy (non-hydrogen) atoms. The highest BCUT2D eigenvalue weighted by Gasteiger charge is 2.19.